The third-order valence-corrected chi connectivity index (χ3v) is 4.66. The smallest absolute Gasteiger partial charge is 0.226 e. The summed E-state index contributed by atoms with van der Waals surface area (Å²) < 4.78 is 12.9. The lowest BCUT2D eigenvalue weighted by Gasteiger charge is -2.15. The van der Waals surface area contributed by atoms with E-state index < -0.39 is 0 Å². The summed E-state index contributed by atoms with van der Waals surface area (Å²) in [4.78, 5) is 16.6. The van der Waals surface area contributed by atoms with Gasteiger partial charge >= 0.3 is 0 Å². The van der Waals surface area contributed by atoms with Crippen LogP contribution in [0.25, 0.3) is 0 Å². The maximum atomic E-state index is 12.9. The molecular formula is C18H26Cl2FN3OS. The maximum absolute atomic E-state index is 12.9. The Balaban J connectivity index is 0.00000312. The number of nitrogens with one attached hydrogen (secondary N) is 1. The van der Waals surface area contributed by atoms with E-state index in [1.54, 1.807) is 12.1 Å². The van der Waals surface area contributed by atoms with Crippen LogP contribution in [0.4, 0.5) is 4.39 Å². The van der Waals surface area contributed by atoms with Gasteiger partial charge < -0.3 is 11.1 Å². The number of carbonyl (C=O) groups is 1. The minimum atomic E-state index is -0.243. The number of aromatic nitrogens is 1. The predicted molar refractivity (Wildman–Crippen MR) is 110 cm³/mol. The van der Waals surface area contributed by atoms with Crippen molar-refractivity contribution in [2.24, 2.45) is 5.73 Å². The number of hydrogen-bond donors (Lipinski definition) is 2. The van der Waals surface area contributed by atoms with Crippen molar-refractivity contribution in [3.63, 3.8) is 0 Å². The summed E-state index contributed by atoms with van der Waals surface area (Å²) in [6, 6.07) is 6.43. The summed E-state index contributed by atoms with van der Waals surface area (Å²) in [5.74, 6) is -0.284. The largest absolute Gasteiger partial charge is 0.352 e. The zero-order valence-electron chi connectivity index (χ0n) is 14.7. The van der Waals surface area contributed by atoms with Crippen LogP contribution in [-0.2, 0) is 17.6 Å². The molecule has 1 aromatic carbocycles. The monoisotopic (exact) mass is 421 g/mol. The molecule has 0 bridgehead atoms. The zero-order chi connectivity index (χ0) is 17.4. The Hall–Kier alpha value is -1.21. The van der Waals surface area contributed by atoms with Gasteiger partial charge in [-0.25, -0.2) is 9.37 Å². The van der Waals surface area contributed by atoms with Crippen LogP contribution in [0.3, 0.4) is 0 Å². The van der Waals surface area contributed by atoms with Crippen LogP contribution < -0.4 is 11.1 Å². The number of amides is 1. The second-order valence-electron chi connectivity index (χ2n) is 5.85. The molecule has 0 radical (unpaired) electrons. The third kappa shape index (κ3) is 8.45. The molecule has 3 N–H and O–H groups in total. The van der Waals surface area contributed by atoms with Gasteiger partial charge in [0.25, 0.3) is 0 Å². The van der Waals surface area contributed by atoms with Crippen LogP contribution in [0.15, 0.2) is 29.6 Å². The van der Waals surface area contributed by atoms with Crippen molar-refractivity contribution < 1.29 is 9.18 Å². The topological polar surface area (TPSA) is 68.0 Å². The molecule has 2 rings (SSSR count). The zero-order valence-corrected chi connectivity index (χ0v) is 17.2. The van der Waals surface area contributed by atoms with Crippen LogP contribution in [0.5, 0.6) is 0 Å². The Bertz CT molecular complexity index is 652. The van der Waals surface area contributed by atoms with Crippen LogP contribution in [-0.4, -0.2) is 23.5 Å². The second-order valence-corrected chi connectivity index (χ2v) is 6.80. The van der Waals surface area contributed by atoms with Crippen molar-refractivity contribution in [3.05, 3.63) is 51.7 Å². The Morgan fingerprint density at radius 1 is 1.31 bits per heavy atom. The fourth-order valence-electron chi connectivity index (χ4n) is 2.43. The molecule has 0 aliphatic rings. The maximum Gasteiger partial charge on any atom is 0.226 e. The Morgan fingerprint density at radius 3 is 2.62 bits per heavy atom. The van der Waals surface area contributed by atoms with Gasteiger partial charge in [-0.05, 0) is 24.1 Å². The Morgan fingerprint density at radius 2 is 2.00 bits per heavy atom. The molecule has 1 heterocycles. The summed E-state index contributed by atoms with van der Waals surface area (Å²) >= 11 is 1.52. The highest BCUT2D eigenvalue weighted by atomic mass is 35.5. The molecule has 0 saturated carbocycles. The molecule has 2 aromatic rings. The van der Waals surface area contributed by atoms with E-state index in [0.717, 1.165) is 35.5 Å². The average Bonchev–Trinajstić information content (AvgIpc) is 3.00. The average molecular weight is 422 g/mol. The van der Waals surface area contributed by atoms with Crippen molar-refractivity contribution in [3.8, 4) is 0 Å². The Labute approximate surface area is 170 Å². The highest BCUT2D eigenvalue weighted by Crippen LogP contribution is 2.16. The number of benzene rings is 1. The first-order chi connectivity index (χ1) is 11.6. The molecule has 0 fully saturated rings. The quantitative estimate of drug-likeness (QED) is 0.644. The van der Waals surface area contributed by atoms with Gasteiger partial charge in [-0.1, -0.05) is 31.9 Å². The van der Waals surface area contributed by atoms with E-state index in [1.807, 2.05) is 5.38 Å². The lowest BCUT2D eigenvalue weighted by Crippen LogP contribution is -2.40. The van der Waals surface area contributed by atoms with Crippen molar-refractivity contribution >= 4 is 42.1 Å². The van der Waals surface area contributed by atoms with Crippen molar-refractivity contribution in [1.29, 1.82) is 0 Å². The Kier molecular flexibility index (Phi) is 12.4. The molecular weight excluding hydrogens is 396 g/mol. The standard InChI is InChI=1S/C18H24FN3OS.2ClH/c1-2-3-4-15(11-20)21-17(23)10-16-12-24-18(22-16)9-13-5-7-14(19)8-6-13;;/h5-8,12,15H,2-4,9-11,20H2,1H3,(H,21,23);2*1H. The van der Waals surface area contributed by atoms with Crippen LogP contribution in [0, 0.1) is 5.82 Å². The molecule has 1 aromatic heterocycles. The SMILES string of the molecule is CCCCC(CN)NC(=O)Cc1csc(Cc2ccc(F)cc2)n1.Cl.Cl. The lowest BCUT2D eigenvalue weighted by molar-refractivity contribution is -0.121. The van der Waals surface area contributed by atoms with Gasteiger partial charge in [0.2, 0.25) is 5.91 Å². The molecule has 0 saturated heterocycles. The molecule has 146 valence electrons. The number of nitrogens with two attached hydrogens (primary N) is 1. The molecule has 0 aliphatic heterocycles. The molecule has 4 nitrogen and oxygen atoms in total. The molecule has 26 heavy (non-hydrogen) atoms. The summed E-state index contributed by atoms with van der Waals surface area (Å²) in [5.41, 5.74) is 7.47. The number of unbranched alkanes of at least 4 members (excludes halogenated alkanes) is 1. The minimum Gasteiger partial charge on any atom is -0.352 e. The normalized spacial score (nSPS) is 11.2. The second kappa shape index (κ2) is 13.0. The highest BCUT2D eigenvalue weighted by molar-refractivity contribution is 7.09. The van der Waals surface area contributed by atoms with Crippen molar-refractivity contribution in [1.82, 2.24) is 10.3 Å². The summed E-state index contributed by atoms with van der Waals surface area (Å²) in [6.07, 6.45) is 3.97. The molecule has 1 atom stereocenters. The van der Waals surface area contributed by atoms with E-state index in [9.17, 15) is 9.18 Å². The number of halogens is 3. The first-order valence-electron chi connectivity index (χ1n) is 8.27. The van der Waals surface area contributed by atoms with Gasteiger partial charge in [0.15, 0.2) is 0 Å². The molecule has 0 spiro atoms. The number of nitrogens with zero attached hydrogens (tertiary/aromatic N) is 1. The number of carbonyl (C=O) groups excluding carboxylic acids is 1. The van der Waals surface area contributed by atoms with Gasteiger partial charge in [-0.3, -0.25) is 4.79 Å². The van der Waals surface area contributed by atoms with Crippen molar-refractivity contribution in [2.45, 2.75) is 45.1 Å². The number of hydrogen-bond acceptors (Lipinski definition) is 4. The van der Waals surface area contributed by atoms with Crippen LogP contribution in [0.2, 0.25) is 0 Å². The van der Waals surface area contributed by atoms with Gasteiger partial charge in [-0.2, -0.15) is 0 Å². The summed E-state index contributed by atoms with van der Waals surface area (Å²) in [7, 11) is 0. The first kappa shape index (κ1) is 24.8. The predicted octanol–water partition coefficient (Wildman–Crippen LogP) is 3.89. The van der Waals surface area contributed by atoms with Gasteiger partial charge in [-0.15, -0.1) is 36.2 Å². The number of thiazole rings is 1. The molecule has 0 aliphatic carbocycles. The fraction of sp³-hybridized carbons (Fsp3) is 0.444. The van der Waals surface area contributed by atoms with E-state index >= 15 is 0 Å². The number of rotatable bonds is 9. The van der Waals surface area contributed by atoms with E-state index in [4.69, 9.17) is 5.73 Å². The van der Waals surface area contributed by atoms with Gasteiger partial charge in [0.05, 0.1) is 17.1 Å². The summed E-state index contributed by atoms with van der Waals surface area (Å²) in [6.45, 7) is 2.58. The van der Waals surface area contributed by atoms with E-state index in [0.29, 0.717) is 13.0 Å². The van der Waals surface area contributed by atoms with Crippen molar-refractivity contribution in [2.75, 3.05) is 6.54 Å². The van der Waals surface area contributed by atoms with Gasteiger partial charge in [0, 0.05) is 24.4 Å². The van der Waals surface area contributed by atoms with E-state index in [2.05, 4.69) is 17.2 Å². The van der Waals surface area contributed by atoms with Crippen LogP contribution >= 0.6 is 36.2 Å². The van der Waals surface area contributed by atoms with E-state index in [1.165, 1.54) is 23.5 Å². The van der Waals surface area contributed by atoms with Crippen LogP contribution in [0.1, 0.15) is 42.5 Å². The molecule has 8 heteroatoms. The van der Waals surface area contributed by atoms with Gasteiger partial charge in [0.1, 0.15) is 5.82 Å². The highest BCUT2D eigenvalue weighted by Gasteiger charge is 2.12. The molecule has 1 unspecified atom stereocenters. The fourth-order valence-corrected chi connectivity index (χ4v) is 3.26. The minimum absolute atomic E-state index is 0. The third-order valence-electron chi connectivity index (χ3n) is 3.77. The van der Waals surface area contributed by atoms with E-state index in [-0.39, 0.29) is 49.0 Å². The summed E-state index contributed by atoms with van der Waals surface area (Å²) in [5, 5.41) is 5.80. The lowest BCUT2D eigenvalue weighted by atomic mass is 10.1. The first-order valence-corrected chi connectivity index (χ1v) is 9.15. The molecule has 1 amide bonds.